The van der Waals surface area contributed by atoms with Crippen LogP contribution in [0.5, 0.6) is 0 Å². The summed E-state index contributed by atoms with van der Waals surface area (Å²) in [6, 6.07) is 20.1. The summed E-state index contributed by atoms with van der Waals surface area (Å²) < 4.78 is 0. The zero-order valence-electron chi connectivity index (χ0n) is 16.8. The lowest BCUT2D eigenvalue weighted by Gasteiger charge is -2.35. The fraction of sp³-hybridized carbons (Fsp3) is 0.538. The maximum Gasteiger partial charge on any atom is 0.0366 e. The molecule has 144 valence electrons. The predicted molar refractivity (Wildman–Crippen MR) is 117 cm³/mol. The van der Waals surface area contributed by atoms with E-state index in [1.165, 1.54) is 94.1 Å². The fourth-order valence-corrected chi connectivity index (χ4v) is 5.14. The van der Waals surface area contributed by atoms with Crippen molar-refractivity contribution >= 4 is 5.69 Å². The van der Waals surface area contributed by atoms with E-state index in [1.807, 2.05) is 0 Å². The van der Waals surface area contributed by atoms with Crippen LogP contribution in [0.3, 0.4) is 0 Å². The second-order valence-electron chi connectivity index (χ2n) is 8.83. The molecule has 2 fully saturated rings. The van der Waals surface area contributed by atoms with Gasteiger partial charge in [-0.25, -0.2) is 0 Å². The number of hydrogen-bond acceptors (Lipinski definition) is 1. The highest BCUT2D eigenvalue weighted by molar-refractivity contribution is 5.66. The summed E-state index contributed by atoms with van der Waals surface area (Å²) in [6.07, 6.45) is 14.4. The quantitative estimate of drug-likeness (QED) is 0.521. The zero-order chi connectivity index (χ0) is 18.3. The Morgan fingerprint density at radius 2 is 1.04 bits per heavy atom. The number of nitrogens with zero attached hydrogens (tertiary/aromatic N) is 1. The number of rotatable bonds is 6. The molecular formula is C26H35N. The molecule has 4 rings (SSSR count). The third kappa shape index (κ3) is 5.15. The Morgan fingerprint density at radius 3 is 1.56 bits per heavy atom. The predicted octanol–water partition coefficient (Wildman–Crippen LogP) is 7.32. The van der Waals surface area contributed by atoms with Gasteiger partial charge in [-0.15, -0.1) is 0 Å². The largest absolute Gasteiger partial charge is 0.371 e. The monoisotopic (exact) mass is 361 g/mol. The summed E-state index contributed by atoms with van der Waals surface area (Å²) in [5.41, 5.74) is 4.08. The topological polar surface area (TPSA) is 3.24 Å². The van der Waals surface area contributed by atoms with Crippen LogP contribution in [0.15, 0.2) is 54.6 Å². The third-order valence-electron chi connectivity index (χ3n) is 6.75. The third-order valence-corrected chi connectivity index (χ3v) is 6.75. The van der Waals surface area contributed by atoms with Gasteiger partial charge in [-0.05, 0) is 60.8 Å². The van der Waals surface area contributed by atoms with Crippen LogP contribution in [0.2, 0.25) is 0 Å². The molecule has 2 aromatic rings. The standard InChI is InChI=1S/C26H35N/c1-4-10-22(11-5-1)20-27(21-23-12-6-2-7-13-23)26-18-16-25(17-19-26)24-14-8-3-9-15-24/h3,8-9,14-19,22-23H,1-2,4-7,10-13,20-21H2. The van der Waals surface area contributed by atoms with Gasteiger partial charge in [0.2, 0.25) is 0 Å². The molecule has 0 amide bonds. The zero-order valence-corrected chi connectivity index (χ0v) is 16.8. The molecular weight excluding hydrogens is 326 g/mol. The van der Waals surface area contributed by atoms with Crippen LogP contribution in [0.4, 0.5) is 5.69 Å². The minimum atomic E-state index is 0.899. The lowest BCUT2D eigenvalue weighted by Crippen LogP contribution is -2.35. The average Bonchev–Trinajstić information content (AvgIpc) is 2.76. The Balaban J connectivity index is 1.49. The molecule has 0 heterocycles. The summed E-state index contributed by atoms with van der Waals surface area (Å²) in [5, 5.41) is 0. The van der Waals surface area contributed by atoms with Crippen molar-refractivity contribution in [1.82, 2.24) is 0 Å². The molecule has 27 heavy (non-hydrogen) atoms. The molecule has 2 aromatic carbocycles. The summed E-state index contributed by atoms with van der Waals surface area (Å²) in [7, 11) is 0. The summed E-state index contributed by atoms with van der Waals surface area (Å²) >= 11 is 0. The smallest absolute Gasteiger partial charge is 0.0366 e. The van der Waals surface area contributed by atoms with Crippen molar-refractivity contribution in [2.45, 2.75) is 64.2 Å². The van der Waals surface area contributed by atoms with E-state index >= 15 is 0 Å². The van der Waals surface area contributed by atoms with Crippen molar-refractivity contribution in [2.24, 2.45) is 11.8 Å². The van der Waals surface area contributed by atoms with Gasteiger partial charge in [-0.1, -0.05) is 81.0 Å². The molecule has 0 atom stereocenters. The first-order valence-electron chi connectivity index (χ1n) is 11.3. The molecule has 0 unspecified atom stereocenters. The fourth-order valence-electron chi connectivity index (χ4n) is 5.14. The molecule has 0 aliphatic heterocycles. The Hall–Kier alpha value is -1.76. The van der Waals surface area contributed by atoms with Crippen molar-refractivity contribution in [2.75, 3.05) is 18.0 Å². The SMILES string of the molecule is c1ccc(-c2ccc(N(CC3CCCCC3)CC3CCCCC3)cc2)cc1. The van der Waals surface area contributed by atoms with Crippen molar-refractivity contribution in [3.63, 3.8) is 0 Å². The normalized spacial score (nSPS) is 19.1. The molecule has 0 saturated heterocycles. The molecule has 0 bridgehead atoms. The van der Waals surface area contributed by atoms with Gasteiger partial charge in [0.25, 0.3) is 0 Å². The van der Waals surface area contributed by atoms with Gasteiger partial charge >= 0.3 is 0 Å². The summed E-state index contributed by atoms with van der Waals surface area (Å²) in [4.78, 5) is 2.74. The first kappa shape index (κ1) is 18.6. The van der Waals surface area contributed by atoms with E-state index in [4.69, 9.17) is 0 Å². The minimum absolute atomic E-state index is 0.899. The molecule has 1 nitrogen and oxygen atoms in total. The Labute approximate surface area is 165 Å². The van der Waals surface area contributed by atoms with Gasteiger partial charge in [0, 0.05) is 18.8 Å². The number of hydrogen-bond donors (Lipinski definition) is 0. The minimum Gasteiger partial charge on any atom is -0.371 e. The molecule has 2 saturated carbocycles. The van der Waals surface area contributed by atoms with Gasteiger partial charge < -0.3 is 4.90 Å². The Bertz CT molecular complexity index is 643. The van der Waals surface area contributed by atoms with Crippen LogP contribution in [0.25, 0.3) is 11.1 Å². The maximum absolute atomic E-state index is 2.74. The average molecular weight is 362 g/mol. The molecule has 1 heteroatoms. The van der Waals surface area contributed by atoms with E-state index in [9.17, 15) is 0 Å². The Kier molecular flexibility index (Phi) is 6.50. The number of anilines is 1. The van der Waals surface area contributed by atoms with Crippen molar-refractivity contribution in [3.8, 4) is 11.1 Å². The second kappa shape index (κ2) is 9.44. The lowest BCUT2D eigenvalue weighted by atomic mass is 9.86. The highest BCUT2D eigenvalue weighted by Crippen LogP contribution is 2.31. The molecule has 0 N–H and O–H groups in total. The molecule has 0 radical (unpaired) electrons. The van der Waals surface area contributed by atoms with Gasteiger partial charge in [0.1, 0.15) is 0 Å². The van der Waals surface area contributed by atoms with E-state index in [0.717, 1.165) is 11.8 Å². The summed E-state index contributed by atoms with van der Waals surface area (Å²) in [5.74, 6) is 1.80. The van der Waals surface area contributed by atoms with Gasteiger partial charge in [-0.2, -0.15) is 0 Å². The lowest BCUT2D eigenvalue weighted by molar-refractivity contribution is 0.327. The van der Waals surface area contributed by atoms with Crippen LogP contribution < -0.4 is 4.90 Å². The van der Waals surface area contributed by atoms with Crippen molar-refractivity contribution < 1.29 is 0 Å². The number of benzene rings is 2. The van der Waals surface area contributed by atoms with Crippen LogP contribution in [-0.2, 0) is 0 Å². The van der Waals surface area contributed by atoms with Gasteiger partial charge in [-0.3, -0.25) is 0 Å². The maximum atomic E-state index is 2.74. The molecule has 0 spiro atoms. The first-order valence-corrected chi connectivity index (χ1v) is 11.3. The van der Waals surface area contributed by atoms with E-state index in [-0.39, 0.29) is 0 Å². The van der Waals surface area contributed by atoms with Crippen LogP contribution >= 0.6 is 0 Å². The van der Waals surface area contributed by atoms with E-state index in [1.54, 1.807) is 0 Å². The first-order chi connectivity index (χ1) is 13.4. The highest BCUT2D eigenvalue weighted by Gasteiger charge is 2.22. The van der Waals surface area contributed by atoms with E-state index in [0.29, 0.717) is 0 Å². The van der Waals surface area contributed by atoms with E-state index in [2.05, 4.69) is 59.5 Å². The van der Waals surface area contributed by atoms with Crippen LogP contribution in [0, 0.1) is 11.8 Å². The Morgan fingerprint density at radius 1 is 0.556 bits per heavy atom. The second-order valence-corrected chi connectivity index (χ2v) is 8.83. The van der Waals surface area contributed by atoms with E-state index < -0.39 is 0 Å². The molecule has 2 aliphatic rings. The van der Waals surface area contributed by atoms with Gasteiger partial charge in [0.15, 0.2) is 0 Å². The molecule has 0 aromatic heterocycles. The van der Waals surface area contributed by atoms with Crippen molar-refractivity contribution in [3.05, 3.63) is 54.6 Å². The van der Waals surface area contributed by atoms with Crippen LogP contribution in [0.1, 0.15) is 64.2 Å². The van der Waals surface area contributed by atoms with Gasteiger partial charge in [0.05, 0.1) is 0 Å². The highest BCUT2D eigenvalue weighted by atomic mass is 15.1. The molecule has 2 aliphatic carbocycles. The summed E-state index contributed by atoms with van der Waals surface area (Å²) in [6.45, 7) is 2.53. The van der Waals surface area contributed by atoms with Crippen molar-refractivity contribution in [1.29, 1.82) is 0 Å². The van der Waals surface area contributed by atoms with Crippen LogP contribution in [-0.4, -0.2) is 13.1 Å².